The van der Waals surface area contributed by atoms with E-state index in [0.29, 0.717) is 5.96 Å². The van der Waals surface area contributed by atoms with Crippen LogP contribution in [0.15, 0.2) is 29.3 Å². The van der Waals surface area contributed by atoms with Gasteiger partial charge in [-0.05, 0) is 32.0 Å². The van der Waals surface area contributed by atoms with Crippen LogP contribution in [0, 0.1) is 0 Å². The smallest absolute Gasteiger partial charge is 0.191 e. The Morgan fingerprint density at radius 1 is 1.26 bits per heavy atom. The number of benzene rings is 1. The summed E-state index contributed by atoms with van der Waals surface area (Å²) in [6.07, 6.45) is 0. The SMILES string of the molecule is CC(C)N=C(N)N1CCN(c2cccc(Cl)c2)CC1. The van der Waals surface area contributed by atoms with Crippen molar-refractivity contribution in [3.05, 3.63) is 29.3 Å². The van der Waals surface area contributed by atoms with E-state index in [-0.39, 0.29) is 6.04 Å². The van der Waals surface area contributed by atoms with Crippen LogP contribution in [-0.4, -0.2) is 43.1 Å². The Morgan fingerprint density at radius 2 is 1.95 bits per heavy atom. The molecule has 0 bridgehead atoms. The van der Waals surface area contributed by atoms with Crippen LogP contribution in [0.2, 0.25) is 5.02 Å². The number of nitrogens with zero attached hydrogens (tertiary/aromatic N) is 3. The molecule has 0 spiro atoms. The van der Waals surface area contributed by atoms with Crippen molar-refractivity contribution in [2.75, 3.05) is 31.1 Å². The molecule has 5 heteroatoms. The van der Waals surface area contributed by atoms with E-state index in [1.807, 2.05) is 32.0 Å². The molecule has 0 unspecified atom stereocenters. The van der Waals surface area contributed by atoms with Crippen molar-refractivity contribution in [1.82, 2.24) is 4.90 Å². The van der Waals surface area contributed by atoms with Crippen molar-refractivity contribution in [3.8, 4) is 0 Å². The highest BCUT2D eigenvalue weighted by Crippen LogP contribution is 2.20. The first-order valence-corrected chi connectivity index (χ1v) is 7.03. The highest BCUT2D eigenvalue weighted by Gasteiger charge is 2.18. The summed E-state index contributed by atoms with van der Waals surface area (Å²) in [5.74, 6) is 0.653. The number of halogens is 1. The van der Waals surface area contributed by atoms with Gasteiger partial charge in [-0.15, -0.1) is 0 Å². The molecule has 1 saturated heterocycles. The molecular formula is C14H21ClN4. The summed E-state index contributed by atoms with van der Waals surface area (Å²) >= 11 is 6.02. The Hall–Kier alpha value is -1.42. The topological polar surface area (TPSA) is 44.9 Å². The third kappa shape index (κ3) is 3.77. The largest absolute Gasteiger partial charge is 0.370 e. The fourth-order valence-electron chi connectivity index (χ4n) is 2.21. The van der Waals surface area contributed by atoms with Gasteiger partial charge < -0.3 is 15.5 Å². The monoisotopic (exact) mass is 280 g/mol. The van der Waals surface area contributed by atoms with E-state index in [2.05, 4.69) is 20.9 Å². The number of rotatable bonds is 2. The van der Waals surface area contributed by atoms with Crippen LogP contribution in [0.3, 0.4) is 0 Å². The first-order chi connectivity index (χ1) is 9.06. The molecule has 0 amide bonds. The van der Waals surface area contributed by atoms with Crippen LogP contribution in [0.1, 0.15) is 13.8 Å². The summed E-state index contributed by atoms with van der Waals surface area (Å²) in [6, 6.07) is 8.22. The maximum atomic E-state index is 6.02. The molecule has 4 nitrogen and oxygen atoms in total. The minimum atomic E-state index is 0.242. The summed E-state index contributed by atoms with van der Waals surface area (Å²) < 4.78 is 0. The molecule has 1 aliphatic heterocycles. The van der Waals surface area contributed by atoms with Gasteiger partial charge in [-0.2, -0.15) is 0 Å². The number of anilines is 1. The Balaban J connectivity index is 1.96. The summed E-state index contributed by atoms with van der Waals surface area (Å²) in [5, 5.41) is 0.779. The van der Waals surface area contributed by atoms with Crippen LogP contribution in [0.4, 0.5) is 5.69 Å². The van der Waals surface area contributed by atoms with Crippen molar-refractivity contribution < 1.29 is 0 Å². The predicted octanol–water partition coefficient (Wildman–Crippen LogP) is 2.19. The highest BCUT2D eigenvalue weighted by atomic mass is 35.5. The van der Waals surface area contributed by atoms with Crippen molar-refractivity contribution in [1.29, 1.82) is 0 Å². The molecule has 0 saturated carbocycles. The second kappa shape index (κ2) is 6.15. The van der Waals surface area contributed by atoms with Gasteiger partial charge in [0.2, 0.25) is 0 Å². The molecule has 1 heterocycles. The van der Waals surface area contributed by atoms with E-state index in [9.17, 15) is 0 Å². The van der Waals surface area contributed by atoms with E-state index in [0.717, 1.165) is 31.2 Å². The number of hydrogen-bond acceptors (Lipinski definition) is 2. The molecular weight excluding hydrogens is 260 g/mol. The first-order valence-electron chi connectivity index (χ1n) is 6.65. The van der Waals surface area contributed by atoms with Gasteiger partial charge >= 0.3 is 0 Å². The maximum Gasteiger partial charge on any atom is 0.191 e. The number of nitrogens with two attached hydrogens (primary N) is 1. The van der Waals surface area contributed by atoms with E-state index in [1.54, 1.807) is 0 Å². The number of piperazine rings is 1. The second-order valence-electron chi connectivity index (χ2n) is 5.04. The average molecular weight is 281 g/mol. The Morgan fingerprint density at radius 3 is 2.53 bits per heavy atom. The van der Waals surface area contributed by atoms with Crippen molar-refractivity contribution >= 4 is 23.2 Å². The number of aliphatic imine (C=N–C) groups is 1. The predicted molar refractivity (Wildman–Crippen MR) is 82.0 cm³/mol. The van der Waals surface area contributed by atoms with Gasteiger partial charge in [0, 0.05) is 42.9 Å². The van der Waals surface area contributed by atoms with Crippen LogP contribution < -0.4 is 10.6 Å². The standard InChI is InChI=1S/C14H21ClN4/c1-11(2)17-14(16)19-8-6-18(7-9-19)13-5-3-4-12(15)10-13/h3-5,10-11H,6-9H2,1-2H3,(H2,16,17). The van der Waals surface area contributed by atoms with Gasteiger partial charge in [0.25, 0.3) is 0 Å². The normalized spacial score (nSPS) is 17.2. The lowest BCUT2D eigenvalue weighted by Gasteiger charge is -2.36. The molecule has 1 aliphatic rings. The van der Waals surface area contributed by atoms with E-state index < -0.39 is 0 Å². The van der Waals surface area contributed by atoms with Crippen molar-refractivity contribution in [2.45, 2.75) is 19.9 Å². The lowest BCUT2D eigenvalue weighted by molar-refractivity contribution is 0.379. The van der Waals surface area contributed by atoms with Crippen molar-refractivity contribution in [3.63, 3.8) is 0 Å². The van der Waals surface area contributed by atoms with Gasteiger partial charge in [0.05, 0.1) is 0 Å². The lowest BCUT2D eigenvalue weighted by atomic mass is 10.2. The van der Waals surface area contributed by atoms with Gasteiger partial charge in [-0.3, -0.25) is 4.99 Å². The Kier molecular flexibility index (Phi) is 4.53. The molecule has 0 aliphatic carbocycles. The minimum absolute atomic E-state index is 0.242. The quantitative estimate of drug-likeness (QED) is 0.667. The summed E-state index contributed by atoms with van der Waals surface area (Å²) in [7, 11) is 0. The lowest BCUT2D eigenvalue weighted by Crippen LogP contribution is -2.51. The second-order valence-corrected chi connectivity index (χ2v) is 5.47. The molecule has 104 valence electrons. The van der Waals surface area contributed by atoms with E-state index in [1.165, 1.54) is 5.69 Å². The maximum absolute atomic E-state index is 6.02. The molecule has 1 aromatic carbocycles. The zero-order chi connectivity index (χ0) is 13.8. The van der Waals surface area contributed by atoms with E-state index >= 15 is 0 Å². The summed E-state index contributed by atoms with van der Waals surface area (Å²) in [4.78, 5) is 8.86. The minimum Gasteiger partial charge on any atom is -0.370 e. The summed E-state index contributed by atoms with van der Waals surface area (Å²) in [6.45, 7) is 7.75. The van der Waals surface area contributed by atoms with E-state index in [4.69, 9.17) is 17.3 Å². The molecule has 0 atom stereocenters. The number of guanidine groups is 1. The van der Waals surface area contributed by atoms with Crippen LogP contribution in [0.5, 0.6) is 0 Å². The van der Waals surface area contributed by atoms with Crippen LogP contribution >= 0.6 is 11.6 Å². The molecule has 2 rings (SSSR count). The summed E-state index contributed by atoms with van der Waals surface area (Å²) in [5.41, 5.74) is 7.17. The van der Waals surface area contributed by atoms with Crippen molar-refractivity contribution in [2.24, 2.45) is 10.7 Å². The third-order valence-corrected chi connectivity index (χ3v) is 3.40. The van der Waals surface area contributed by atoms with Gasteiger partial charge in [-0.25, -0.2) is 0 Å². The first kappa shape index (κ1) is 14.0. The fourth-order valence-corrected chi connectivity index (χ4v) is 2.40. The molecule has 0 radical (unpaired) electrons. The molecule has 1 aromatic rings. The van der Waals surface area contributed by atoms with Gasteiger partial charge in [0.1, 0.15) is 0 Å². The van der Waals surface area contributed by atoms with Crippen LogP contribution in [-0.2, 0) is 0 Å². The van der Waals surface area contributed by atoms with Gasteiger partial charge in [-0.1, -0.05) is 17.7 Å². The van der Waals surface area contributed by atoms with Crippen LogP contribution in [0.25, 0.3) is 0 Å². The molecule has 1 fully saturated rings. The zero-order valence-corrected chi connectivity index (χ0v) is 12.3. The highest BCUT2D eigenvalue weighted by molar-refractivity contribution is 6.30. The number of hydrogen-bond donors (Lipinski definition) is 1. The molecule has 19 heavy (non-hydrogen) atoms. The molecule has 0 aromatic heterocycles. The zero-order valence-electron chi connectivity index (χ0n) is 11.5. The average Bonchev–Trinajstić information content (AvgIpc) is 2.38. The third-order valence-electron chi connectivity index (χ3n) is 3.17. The Labute approximate surface area is 119 Å². The van der Waals surface area contributed by atoms with Gasteiger partial charge in [0.15, 0.2) is 5.96 Å². The molecule has 2 N–H and O–H groups in total. The Bertz CT molecular complexity index is 451. The fraction of sp³-hybridized carbons (Fsp3) is 0.500.